The predicted octanol–water partition coefficient (Wildman–Crippen LogP) is 2.78. The lowest BCUT2D eigenvalue weighted by atomic mass is 10.0. The molecule has 0 spiro atoms. The molecule has 1 saturated heterocycles. The molecule has 2 aliphatic rings. The number of nitrogens with zero attached hydrogens (tertiary/aromatic N) is 3. The Labute approximate surface area is 182 Å². The Kier molecular flexibility index (Phi) is 4.63. The molecule has 5 rings (SSSR count). The van der Waals surface area contributed by atoms with Crippen LogP contribution < -0.4 is 15.8 Å². The van der Waals surface area contributed by atoms with Crippen LogP contribution in [0.15, 0.2) is 59.5 Å². The number of likely N-dealkylation sites (N-methyl/N-ethyl adjacent to an activating group) is 1. The van der Waals surface area contributed by atoms with Crippen molar-refractivity contribution in [3.63, 3.8) is 0 Å². The Morgan fingerprint density at radius 1 is 1.10 bits per heavy atom. The van der Waals surface area contributed by atoms with Gasteiger partial charge in [-0.1, -0.05) is 18.2 Å². The van der Waals surface area contributed by atoms with Crippen molar-refractivity contribution in [3.8, 4) is 0 Å². The first-order valence-corrected chi connectivity index (χ1v) is 10.8. The molecule has 31 heavy (non-hydrogen) atoms. The highest BCUT2D eigenvalue weighted by Gasteiger charge is 2.47. The van der Waals surface area contributed by atoms with Crippen molar-refractivity contribution in [1.82, 2.24) is 14.6 Å². The van der Waals surface area contributed by atoms with Crippen molar-refractivity contribution >= 4 is 17.1 Å². The van der Waals surface area contributed by atoms with Crippen LogP contribution in [0.4, 0.5) is 5.69 Å². The molecule has 0 atom stereocenters. The number of carbonyl (C=O) groups is 1. The highest BCUT2D eigenvalue weighted by Crippen LogP contribution is 2.47. The van der Waals surface area contributed by atoms with Gasteiger partial charge in [0, 0.05) is 48.2 Å². The van der Waals surface area contributed by atoms with E-state index in [0.29, 0.717) is 6.04 Å². The summed E-state index contributed by atoms with van der Waals surface area (Å²) in [5.41, 5.74) is 4.17. The van der Waals surface area contributed by atoms with Gasteiger partial charge in [-0.05, 0) is 63.7 Å². The molecule has 1 saturated carbocycles. The first-order chi connectivity index (χ1) is 14.9. The summed E-state index contributed by atoms with van der Waals surface area (Å²) in [7, 11) is 4.21. The normalized spacial score (nSPS) is 17.6. The maximum Gasteiger partial charge on any atom is 0.255 e. The van der Waals surface area contributed by atoms with Gasteiger partial charge >= 0.3 is 0 Å². The molecule has 1 aromatic carbocycles. The first kappa shape index (κ1) is 19.8. The smallest absolute Gasteiger partial charge is 0.255 e. The molecule has 1 aliphatic heterocycles. The Morgan fingerprint density at radius 2 is 1.87 bits per heavy atom. The van der Waals surface area contributed by atoms with E-state index in [1.165, 1.54) is 0 Å². The lowest BCUT2D eigenvalue weighted by molar-refractivity contribution is 0.0930. The van der Waals surface area contributed by atoms with E-state index in [9.17, 15) is 9.59 Å². The number of nitrogens with one attached hydrogen (secondary N) is 1. The van der Waals surface area contributed by atoms with Crippen molar-refractivity contribution in [1.29, 1.82) is 0 Å². The highest BCUT2D eigenvalue weighted by atomic mass is 16.2. The van der Waals surface area contributed by atoms with Crippen molar-refractivity contribution in [2.24, 2.45) is 0 Å². The second-order valence-corrected chi connectivity index (χ2v) is 9.10. The molecule has 1 N–H and O–H groups in total. The van der Waals surface area contributed by atoms with Crippen LogP contribution in [0.25, 0.3) is 5.52 Å². The topological polar surface area (TPSA) is 57.1 Å². The second-order valence-electron chi connectivity index (χ2n) is 9.10. The van der Waals surface area contributed by atoms with E-state index >= 15 is 0 Å². The Hall–Kier alpha value is -3.12. The number of benzene rings is 1. The number of amides is 1. The van der Waals surface area contributed by atoms with Gasteiger partial charge in [0.05, 0.1) is 11.1 Å². The fourth-order valence-electron chi connectivity index (χ4n) is 4.50. The molecular formula is C25H28N4O2. The molecule has 3 aromatic rings. The fourth-order valence-corrected chi connectivity index (χ4v) is 4.50. The van der Waals surface area contributed by atoms with Crippen molar-refractivity contribution < 1.29 is 4.79 Å². The number of pyridine rings is 2. The number of carbonyl (C=O) groups excluding carboxylic acids is 1. The molecule has 0 bridgehead atoms. The number of aryl methyl sites for hydroxylation is 1. The van der Waals surface area contributed by atoms with Gasteiger partial charge in [0.2, 0.25) is 0 Å². The molecule has 2 fully saturated rings. The van der Waals surface area contributed by atoms with E-state index in [0.717, 1.165) is 53.8 Å². The average Bonchev–Trinajstić information content (AvgIpc) is 3.48. The predicted molar refractivity (Wildman–Crippen MR) is 123 cm³/mol. The van der Waals surface area contributed by atoms with Gasteiger partial charge in [-0.15, -0.1) is 0 Å². The van der Waals surface area contributed by atoms with Gasteiger partial charge in [-0.3, -0.25) is 14.0 Å². The summed E-state index contributed by atoms with van der Waals surface area (Å²) in [5, 5.41) is 3.30. The summed E-state index contributed by atoms with van der Waals surface area (Å²) in [4.78, 5) is 30.1. The summed E-state index contributed by atoms with van der Waals surface area (Å²) in [6, 6.07) is 15.9. The maximum atomic E-state index is 13.3. The monoisotopic (exact) mass is 416 g/mol. The van der Waals surface area contributed by atoms with Gasteiger partial charge < -0.3 is 15.1 Å². The molecule has 3 heterocycles. The molecular weight excluding hydrogens is 388 g/mol. The third-order valence-electron chi connectivity index (χ3n) is 6.81. The van der Waals surface area contributed by atoms with Crippen molar-refractivity contribution in [3.05, 3.63) is 81.8 Å². The largest absolute Gasteiger partial charge is 0.368 e. The molecule has 1 aliphatic carbocycles. The summed E-state index contributed by atoms with van der Waals surface area (Å²) in [5.74, 6) is -0.0539. The lowest BCUT2D eigenvalue weighted by Gasteiger charge is -2.44. The van der Waals surface area contributed by atoms with Crippen molar-refractivity contribution in [2.45, 2.75) is 31.3 Å². The minimum Gasteiger partial charge on any atom is -0.368 e. The van der Waals surface area contributed by atoms with Crippen LogP contribution >= 0.6 is 0 Å². The Bertz CT molecular complexity index is 1220. The number of rotatable bonds is 5. The molecule has 160 valence electrons. The third-order valence-corrected chi connectivity index (χ3v) is 6.81. The van der Waals surface area contributed by atoms with Crippen LogP contribution in [-0.2, 0) is 5.54 Å². The summed E-state index contributed by atoms with van der Waals surface area (Å²) < 4.78 is 1.65. The average molecular weight is 417 g/mol. The minimum absolute atomic E-state index is 0.0539. The molecule has 6 heteroatoms. The number of aromatic nitrogens is 1. The molecule has 0 unspecified atom stereocenters. The third kappa shape index (κ3) is 3.41. The fraction of sp³-hybridized carbons (Fsp3) is 0.360. The number of fused-ring (bicyclic) bond motifs is 1. The van der Waals surface area contributed by atoms with Crippen LogP contribution in [0, 0.1) is 6.92 Å². The summed E-state index contributed by atoms with van der Waals surface area (Å²) in [6.07, 6.45) is 3.52. The van der Waals surface area contributed by atoms with Crippen LogP contribution in [0.2, 0.25) is 0 Å². The number of hydrogen-bond acceptors (Lipinski definition) is 4. The standard InChI is InChI=1S/C25H28N4O2/c1-17-9-10-18(28-15-19(16-28)27(2)3)14-20(17)24(31)26-25(11-12-25)21-6-5-13-29-22(21)7-4-8-23(29)30/h4-10,13-14,19H,11-12,15-16H2,1-3H3,(H,26,31). The van der Waals surface area contributed by atoms with E-state index in [1.54, 1.807) is 22.7 Å². The molecule has 6 nitrogen and oxygen atoms in total. The lowest BCUT2D eigenvalue weighted by Crippen LogP contribution is -2.57. The Morgan fingerprint density at radius 3 is 2.58 bits per heavy atom. The molecule has 2 aromatic heterocycles. The van der Waals surface area contributed by atoms with E-state index < -0.39 is 5.54 Å². The maximum absolute atomic E-state index is 13.3. The van der Waals surface area contributed by atoms with E-state index in [2.05, 4.69) is 35.3 Å². The van der Waals surface area contributed by atoms with E-state index in [4.69, 9.17) is 0 Å². The molecule has 0 radical (unpaired) electrons. The quantitative estimate of drug-likeness (QED) is 0.695. The second kappa shape index (κ2) is 7.24. The zero-order valence-electron chi connectivity index (χ0n) is 18.3. The minimum atomic E-state index is -0.410. The van der Waals surface area contributed by atoms with Gasteiger partial charge in [-0.2, -0.15) is 0 Å². The van der Waals surface area contributed by atoms with Crippen molar-refractivity contribution in [2.75, 3.05) is 32.1 Å². The van der Waals surface area contributed by atoms with Crippen LogP contribution in [0.1, 0.15) is 34.3 Å². The molecule has 1 amide bonds. The van der Waals surface area contributed by atoms with E-state index in [-0.39, 0.29) is 11.5 Å². The number of hydrogen-bond donors (Lipinski definition) is 1. The van der Waals surface area contributed by atoms with Crippen LogP contribution in [-0.4, -0.2) is 48.4 Å². The summed E-state index contributed by atoms with van der Waals surface area (Å²) in [6.45, 7) is 3.94. The highest BCUT2D eigenvalue weighted by molar-refractivity contribution is 5.97. The van der Waals surface area contributed by atoms with Crippen LogP contribution in [0.3, 0.4) is 0 Å². The van der Waals surface area contributed by atoms with E-state index in [1.807, 2.05) is 37.3 Å². The zero-order valence-corrected chi connectivity index (χ0v) is 18.3. The van der Waals surface area contributed by atoms with Gasteiger partial charge in [-0.25, -0.2) is 0 Å². The zero-order chi connectivity index (χ0) is 21.8. The SMILES string of the molecule is Cc1ccc(N2CC(N(C)C)C2)cc1C(=O)NC1(c2cccn3c(=O)cccc23)CC1. The van der Waals surface area contributed by atoms with Gasteiger partial charge in [0.25, 0.3) is 11.5 Å². The van der Waals surface area contributed by atoms with Gasteiger partial charge in [0.15, 0.2) is 0 Å². The first-order valence-electron chi connectivity index (χ1n) is 10.8. The number of anilines is 1. The van der Waals surface area contributed by atoms with Crippen LogP contribution in [0.5, 0.6) is 0 Å². The Balaban J connectivity index is 1.42. The van der Waals surface area contributed by atoms with Gasteiger partial charge in [0.1, 0.15) is 0 Å². The summed E-state index contributed by atoms with van der Waals surface area (Å²) >= 11 is 0.